The average molecular weight is 575 g/mol. The highest BCUT2D eigenvalue weighted by Crippen LogP contribution is 2.30. The summed E-state index contributed by atoms with van der Waals surface area (Å²) in [7, 11) is 1.90. The Hall–Kier alpha value is -3.58. The molecule has 1 unspecified atom stereocenters. The first kappa shape index (κ1) is 25.1. The summed E-state index contributed by atoms with van der Waals surface area (Å²) >= 11 is 3.35. The highest BCUT2D eigenvalue weighted by molar-refractivity contribution is 9.10. The van der Waals surface area contributed by atoms with E-state index < -0.39 is 17.8 Å². The van der Waals surface area contributed by atoms with Crippen molar-refractivity contribution in [3.8, 4) is 5.69 Å². The lowest BCUT2D eigenvalue weighted by atomic mass is 10.1. The zero-order valence-electron chi connectivity index (χ0n) is 19.7. The molecule has 1 aromatic carbocycles. The van der Waals surface area contributed by atoms with Crippen molar-refractivity contribution >= 4 is 38.7 Å². The van der Waals surface area contributed by atoms with Gasteiger partial charge in [0, 0.05) is 36.5 Å². The molecule has 1 N–H and O–H groups in total. The van der Waals surface area contributed by atoms with E-state index in [0.717, 1.165) is 22.3 Å². The van der Waals surface area contributed by atoms with Crippen molar-refractivity contribution < 1.29 is 18.0 Å². The Labute approximate surface area is 218 Å². The number of nitrogens with zero attached hydrogens (tertiary/aromatic N) is 7. The van der Waals surface area contributed by atoms with Gasteiger partial charge < -0.3 is 10.2 Å². The molecule has 4 heterocycles. The van der Waals surface area contributed by atoms with Crippen LogP contribution in [0.2, 0.25) is 0 Å². The third kappa shape index (κ3) is 5.42. The van der Waals surface area contributed by atoms with Gasteiger partial charge >= 0.3 is 6.18 Å². The number of alkyl halides is 3. The fourth-order valence-corrected chi connectivity index (χ4v) is 4.40. The monoisotopic (exact) mass is 574 g/mol. The predicted octanol–water partition coefficient (Wildman–Crippen LogP) is 3.43. The molecule has 0 aliphatic carbocycles. The van der Waals surface area contributed by atoms with Gasteiger partial charge in [-0.3, -0.25) is 14.7 Å². The van der Waals surface area contributed by atoms with E-state index in [0.29, 0.717) is 48.7 Å². The molecule has 5 rings (SSSR count). The molecule has 1 fully saturated rings. The fraction of sp³-hybridized carbons (Fsp3) is 0.292. The lowest BCUT2D eigenvalue weighted by Gasteiger charge is -2.39. The van der Waals surface area contributed by atoms with Crippen molar-refractivity contribution in [1.29, 1.82) is 0 Å². The molecule has 0 saturated carbocycles. The van der Waals surface area contributed by atoms with Gasteiger partial charge in [0.1, 0.15) is 18.2 Å². The van der Waals surface area contributed by atoms with Crippen LogP contribution in [0.5, 0.6) is 0 Å². The Bertz CT molecular complexity index is 1410. The topological polar surface area (TPSA) is 92.1 Å². The number of rotatable bonds is 5. The summed E-state index contributed by atoms with van der Waals surface area (Å²) in [6, 6.07) is 8.04. The molecule has 1 atom stereocenters. The minimum absolute atomic E-state index is 0.123. The van der Waals surface area contributed by atoms with Crippen LogP contribution < -0.4 is 10.2 Å². The fourth-order valence-electron chi connectivity index (χ4n) is 4.17. The lowest BCUT2D eigenvalue weighted by Crippen LogP contribution is -2.57. The van der Waals surface area contributed by atoms with E-state index in [2.05, 4.69) is 41.3 Å². The van der Waals surface area contributed by atoms with E-state index in [1.54, 1.807) is 12.4 Å². The van der Waals surface area contributed by atoms with Gasteiger partial charge in [-0.05, 0) is 59.4 Å². The maximum Gasteiger partial charge on any atom is 0.416 e. The lowest BCUT2D eigenvalue weighted by molar-refractivity contribution is -0.137. The number of hydrogen-bond acceptors (Lipinski definition) is 7. The summed E-state index contributed by atoms with van der Waals surface area (Å²) in [4.78, 5) is 30.0. The number of pyridine rings is 1. The van der Waals surface area contributed by atoms with Gasteiger partial charge in [0.2, 0.25) is 5.91 Å². The van der Waals surface area contributed by atoms with Crippen LogP contribution in [-0.2, 0) is 17.5 Å². The summed E-state index contributed by atoms with van der Waals surface area (Å²) in [5, 5.41) is 8.02. The zero-order chi connectivity index (χ0) is 26.2. The molecule has 9 nitrogen and oxygen atoms in total. The highest BCUT2D eigenvalue weighted by Gasteiger charge is 2.32. The predicted molar refractivity (Wildman–Crippen MR) is 134 cm³/mol. The molecular formula is C24H22BrF3N8O. The average Bonchev–Trinajstić information content (AvgIpc) is 3.33. The Morgan fingerprint density at radius 1 is 1.11 bits per heavy atom. The van der Waals surface area contributed by atoms with Gasteiger partial charge in [0.15, 0.2) is 5.65 Å². The van der Waals surface area contributed by atoms with E-state index in [-0.39, 0.29) is 5.91 Å². The molecule has 0 bridgehead atoms. The number of aromatic nitrogens is 5. The molecule has 13 heteroatoms. The minimum Gasteiger partial charge on any atom is -0.353 e. The third-order valence-electron chi connectivity index (χ3n) is 6.24. The molecule has 3 aromatic heterocycles. The van der Waals surface area contributed by atoms with Crippen LogP contribution in [-0.4, -0.2) is 68.3 Å². The van der Waals surface area contributed by atoms with Gasteiger partial charge in [-0.2, -0.15) is 13.2 Å². The molecular weight excluding hydrogens is 553 g/mol. The van der Waals surface area contributed by atoms with Gasteiger partial charge in [-0.1, -0.05) is 0 Å². The molecule has 1 aliphatic rings. The molecule has 37 heavy (non-hydrogen) atoms. The number of carbonyl (C=O) groups is 1. The SMILES string of the molecule is CN1CCN(c2ncnc3nn(-c4ccc(C(F)(F)F)cc4)cc23)CC1C(=O)NCc1ccc(Br)cn1. The maximum atomic E-state index is 13.0. The molecule has 192 valence electrons. The van der Waals surface area contributed by atoms with Crippen molar-refractivity contribution in [2.45, 2.75) is 18.8 Å². The number of halogens is 4. The van der Waals surface area contributed by atoms with Crippen LogP contribution in [0.1, 0.15) is 11.3 Å². The summed E-state index contributed by atoms with van der Waals surface area (Å²) in [5.74, 6) is 0.492. The standard InChI is InChI=1S/C24H22BrF3N8O/c1-34-8-9-35(13-20(34)23(37)30-11-17-5-4-16(25)10-29-17)22-19-12-36(33-21(19)31-14-32-22)18-6-2-15(3-7-18)24(26,27)28/h2-7,10,12,14,20H,8-9,11,13H2,1H3,(H,30,37). The first-order valence-corrected chi connectivity index (χ1v) is 12.2. The first-order chi connectivity index (χ1) is 17.7. The van der Waals surface area contributed by atoms with E-state index >= 15 is 0 Å². The molecule has 0 radical (unpaired) electrons. The summed E-state index contributed by atoms with van der Waals surface area (Å²) < 4.78 is 41.1. The Morgan fingerprint density at radius 2 is 1.89 bits per heavy atom. The first-order valence-electron chi connectivity index (χ1n) is 11.4. The zero-order valence-corrected chi connectivity index (χ0v) is 21.2. The van der Waals surface area contributed by atoms with Crippen LogP contribution >= 0.6 is 15.9 Å². The Kier molecular flexibility index (Phi) is 6.82. The van der Waals surface area contributed by atoms with E-state index in [4.69, 9.17) is 0 Å². The van der Waals surface area contributed by atoms with Gasteiger partial charge in [-0.15, -0.1) is 5.10 Å². The van der Waals surface area contributed by atoms with Gasteiger partial charge in [0.05, 0.1) is 28.9 Å². The number of anilines is 1. The quantitative estimate of drug-likeness (QED) is 0.390. The number of nitrogens with one attached hydrogen (secondary N) is 1. The van der Waals surface area contributed by atoms with Crippen molar-refractivity contribution in [2.24, 2.45) is 0 Å². The number of likely N-dealkylation sites (N-methyl/N-ethyl adjacent to an activating group) is 1. The second kappa shape index (κ2) is 10.1. The van der Waals surface area contributed by atoms with E-state index in [9.17, 15) is 18.0 Å². The van der Waals surface area contributed by atoms with E-state index in [1.807, 2.05) is 29.0 Å². The molecule has 1 amide bonds. The number of fused-ring (bicyclic) bond motifs is 1. The summed E-state index contributed by atoms with van der Waals surface area (Å²) in [6.07, 6.45) is 0.362. The van der Waals surface area contributed by atoms with Gasteiger partial charge in [-0.25, -0.2) is 14.6 Å². The molecule has 1 saturated heterocycles. The summed E-state index contributed by atoms with van der Waals surface area (Å²) in [6.45, 7) is 1.97. The Balaban J connectivity index is 1.34. The van der Waals surface area contributed by atoms with Crippen LogP contribution in [0, 0.1) is 0 Å². The summed E-state index contributed by atoms with van der Waals surface area (Å²) in [5.41, 5.74) is 0.895. The van der Waals surface area contributed by atoms with Crippen molar-refractivity contribution in [3.63, 3.8) is 0 Å². The Morgan fingerprint density at radius 3 is 2.59 bits per heavy atom. The normalized spacial score (nSPS) is 16.8. The van der Waals surface area contributed by atoms with Gasteiger partial charge in [0.25, 0.3) is 0 Å². The van der Waals surface area contributed by atoms with Crippen molar-refractivity contribution in [1.82, 2.24) is 34.9 Å². The largest absolute Gasteiger partial charge is 0.416 e. The molecule has 1 aliphatic heterocycles. The maximum absolute atomic E-state index is 13.0. The molecule has 4 aromatic rings. The number of hydrogen-bond donors (Lipinski definition) is 1. The second-order valence-electron chi connectivity index (χ2n) is 8.68. The van der Waals surface area contributed by atoms with Crippen LogP contribution in [0.25, 0.3) is 16.7 Å². The molecule has 0 spiro atoms. The van der Waals surface area contributed by atoms with Crippen molar-refractivity contribution in [2.75, 3.05) is 31.6 Å². The third-order valence-corrected chi connectivity index (χ3v) is 6.71. The highest BCUT2D eigenvalue weighted by atomic mass is 79.9. The van der Waals surface area contributed by atoms with Crippen molar-refractivity contribution in [3.05, 3.63) is 70.8 Å². The van der Waals surface area contributed by atoms with Crippen LogP contribution in [0.15, 0.2) is 59.6 Å². The number of benzene rings is 1. The second-order valence-corrected chi connectivity index (χ2v) is 9.60. The minimum atomic E-state index is -4.41. The number of piperazine rings is 1. The number of carbonyl (C=O) groups excluding carboxylic acids is 1. The van der Waals surface area contributed by atoms with Crippen LogP contribution in [0.4, 0.5) is 19.0 Å². The van der Waals surface area contributed by atoms with Crippen LogP contribution in [0.3, 0.4) is 0 Å². The van der Waals surface area contributed by atoms with E-state index in [1.165, 1.54) is 23.1 Å². The number of amides is 1. The smallest absolute Gasteiger partial charge is 0.353 e.